The van der Waals surface area contributed by atoms with Crippen LogP contribution in [-0.4, -0.2) is 17.6 Å². The molecule has 1 saturated heterocycles. The van der Waals surface area contributed by atoms with E-state index in [-0.39, 0.29) is 17.8 Å². The van der Waals surface area contributed by atoms with Gasteiger partial charge in [-0.3, -0.25) is 19.7 Å². The molecule has 1 N–H and O–H groups in total. The lowest BCUT2D eigenvalue weighted by molar-refractivity contribution is -0.134. The first-order valence-corrected chi connectivity index (χ1v) is 5.57. The van der Waals surface area contributed by atoms with Crippen LogP contribution in [0.5, 0.6) is 0 Å². The zero-order valence-electron chi connectivity index (χ0n) is 9.85. The van der Waals surface area contributed by atoms with Crippen LogP contribution >= 0.6 is 0 Å². The summed E-state index contributed by atoms with van der Waals surface area (Å²) in [6.45, 7) is 0. The lowest BCUT2D eigenvalue weighted by Gasteiger charge is -2.11. The summed E-state index contributed by atoms with van der Waals surface area (Å²) in [5, 5.41) is 2.06. The molecule has 0 bridgehead atoms. The van der Waals surface area contributed by atoms with Gasteiger partial charge in [0.05, 0.1) is 12.0 Å². The van der Waals surface area contributed by atoms with Gasteiger partial charge in [-0.2, -0.15) is 0 Å². The Morgan fingerprint density at radius 3 is 2.68 bits per heavy atom. The van der Waals surface area contributed by atoms with Gasteiger partial charge in [0.2, 0.25) is 5.91 Å². The first-order valence-electron chi connectivity index (χ1n) is 5.57. The standard InChI is InChI=1S/C14H10FNO3/c15-10-5-1-3-9(7-10)4-2-6-11-12(17)8-13(18)16-14(11)19/h1-7H,8H2,(H,16,18,19)/b4-2+,11-6+. The molecular formula is C14H10FNO3. The highest BCUT2D eigenvalue weighted by Gasteiger charge is 2.27. The molecule has 1 aromatic carbocycles. The summed E-state index contributed by atoms with van der Waals surface area (Å²) in [7, 11) is 0. The number of nitrogens with one attached hydrogen (secondary N) is 1. The fourth-order valence-electron chi connectivity index (χ4n) is 1.64. The molecular weight excluding hydrogens is 249 g/mol. The summed E-state index contributed by atoms with van der Waals surface area (Å²) in [5.74, 6) is -2.18. The van der Waals surface area contributed by atoms with Crippen LogP contribution in [0.4, 0.5) is 4.39 Å². The van der Waals surface area contributed by atoms with Crippen molar-refractivity contribution >= 4 is 23.7 Å². The highest BCUT2D eigenvalue weighted by atomic mass is 19.1. The molecule has 1 aromatic rings. The Morgan fingerprint density at radius 2 is 2.00 bits per heavy atom. The van der Waals surface area contributed by atoms with Crippen LogP contribution in [0.25, 0.3) is 6.08 Å². The third-order valence-corrected chi connectivity index (χ3v) is 2.52. The molecule has 1 fully saturated rings. The largest absolute Gasteiger partial charge is 0.293 e. The van der Waals surface area contributed by atoms with Crippen molar-refractivity contribution < 1.29 is 18.8 Å². The number of benzene rings is 1. The van der Waals surface area contributed by atoms with Crippen molar-refractivity contribution in [2.45, 2.75) is 6.42 Å². The summed E-state index contributed by atoms with van der Waals surface area (Å²) < 4.78 is 12.9. The number of carbonyl (C=O) groups excluding carboxylic acids is 3. The smallest absolute Gasteiger partial charge is 0.261 e. The maximum absolute atomic E-state index is 12.9. The SMILES string of the molecule is O=C1CC(=O)/C(=C\C=C\c2cccc(F)c2)C(=O)N1. The number of allylic oxidation sites excluding steroid dienone is 2. The predicted molar refractivity (Wildman–Crippen MR) is 66.3 cm³/mol. The van der Waals surface area contributed by atoms with Crippen molar-refractivity contribution in [3.05, 3.63) is 53.4 Å². The number of hydrogen-bond donors (Lipinski definition) is 1. The first kappa shape index (κ1) is 12.9. The van der Waals surface area contributed by atoms with E-state index in [1.807, 2.05) is 0 Å². The van der Waals surface area contributed by atoms with Gasteiger partial charge in [-0.25, -0.2) is 4.39 Å². The van der Waals surface area contributed by atoms with Crippen molar-refractivity contribution in [2.75, 3.05) is 0 Å². The van der Waals surface area contributed by atoms with E-state index in [4.69, 9.17) is 0 Å². The van der Waals surface area contributed by atoms with Gasteiger partial charge in [0.25, 0.3) is 5.91 Å². The third-order valence-electron chi connectivity index (χ3n) is 2.52. The number of rotatable bonds is 2. The molecule has 5 heteroatoms. The molecule has 0 saturated carbocycles. The van der Waals surface area contributed by atoms with E-state index in [1.54, 1.807) is 18.2 Å². The highest BCUT2D eigenvalue weighted by molar-refractivity contribution is 6.30. The molecule has 2 amide bonds. The Hall–Kier alpha value is -2.56. The van der Waals surface area contributed by atoms with E-state index in [1.165, 1.54) is 24.3 Å². The maximum Gasteiger partial charge on any atom is 0.261 e. The van der Waals surface area contributed by atoms with Crippen molar-refractivity contribution in [3.63, 3.8) is 0 Å². The van der Waals surface area contributed by atoms with Gasteiger partial charge in [0.15, 0.2) is 5.78 Å². The molecule has 0 radical (unpaired) electrons. The Balaban J connectivity index is 2.16. The van der Waals surface area contributed by atoms with E-state index >= 15 is 0 Å². The van der Waals surface area contributed by atoms with Crippen LogP contribution in [-0.2, 0) is 14.4 Å². The molecule has 1 heterocycles. The summed E-state index contributed by atoms with van der Waals surface area (Å²) in [6.07, 6.45) is 4.02. The van der Waals surface area contributed by atoms with E-state index in [0.717, 1.165) is 0 Å². The molecule has 0 unspecified atom stereocenters. The van der Waals surface area contributed by atoms with Crippen LogP contribution in [0, 0.1) is 5.82 Å². The number of piperidine rings is 1. The Labute approximate surface area is 108 Å². The van der Waals surface area contributed by atoms with Crippen molar-refractivity contribution in [1.82, 2.24) is 5.32 Å². The minimum absolute atomic E-state index is 0.0766. The van der Waals surface area contributed by atoms with E-state index in [9.17, 15) is 18.8 Å². The average Bonchev–Trinajstić information content (AvgIpc) is 2.32. The molecule has 0 aliphatic carbocycles. The number of imide groups is 1. The average molecular weight is 259 g/mol. The minimum atomic E-state index is -0.704. The Bertz CT molecular complexity index is 595. The summed E-state index contributed by atoms with van der Waals surface area (Å²) in [6, 6.07) is 5.88. The van der Waals surface area contributed by atoms with Crippen LogP contribution < -0.4 is 5.32 Å². The Kier molecular flexibility index (Phi) is 3.66. The van der Waals surface area contributed by atoms with Crippen LogP contribution in [0.1, 0.15) is 12.0 Å². The predicted octanol–water partition coefficient (Wildman–Crippen LogP) is 1.38. The number of amides is 2. The number of carbonyl (C=O) groups is 3. The fraction of sp³-hybridized carbons (Fsp3) is 0.0714. The van der Waals surface area contributed by atoms with Gasteiger partial charge >= 0.3 is 0 Å². The lowest BCUT2D eigenvalue weighted by atomic mass is 10.0. The number of halogens is 1. The van der Waals surface area contributed by atoms with E-state index < -0.39 is 17.6 Å². The zero-order valence-corrected chi connectivity index (χ0v) is 9.85. The number of ketones is 1. The van der Waals surface area contributed by atoms with Gasteiger partial charge in [-0.15, -0.1) is 0 Å². The minimum Gasteiger partial charge on any atom is -0.293 e. The fourth-order valence-corrected chi connectivity index (χ4v) is 1.64. The maximum atomic E-state index is 12.9. The molecule has 19 heavy (non-hydrogen) atoms. The molecule has 0 atom stereocenters. The Morgan fingerprint density at radius 1 is 1.21 bits per heavy atom. The second-order valence-electron chi connectivity index (χ2n) is 3.97. The lowest BCUT2D eigenvalue weighted by Crippen LogP contribution is -2.40. The summed E-state index contributed by atoms with van der Waals surface area (Å²) >= 11 is 0. The van der Waals surface area contributed by atoms with Crippen molar-refractivity contribution in [2.24, 2.45) is 0 Å². The van der Waals surface area contributed by atoms with E-state index in [2.05, 4.69) is 5.32 Å². The number of Topliss-reactive ketones (excluding diaryl/α,β-unsaturated/α-hetero) is 1. The first-order chi connectivity index (χ1) is 9.06. The van der Waals surface area contributed by atoms with Gasteiger partial charge in [-0.1, -0.05) is 24.3 Å². The van der Waals surface area contributed by atoms with Gasteiger partial charge in [-0.05, 0) is 23.8 Å². The third kappa shape index (κ3) is 3.22. The molecule has 2 rings (SSSR count). The highest BCUT2D eigenvalue weighted by Crippen LogP contribution is 2.09. The summed E-state index contributed by atoms with van der Waals surface area (Å²) in [4.78, 5) is 33.8. The van der Waals surface area contributed by atoms with Crippen molar-refractivity contribution in [1.29, 1.82) is 0 Å². The normalized spacial score (nSPS) is 18.2. The van der Waals surface area contributed by atoms with Gasteiger partial charge in [0.1, 0.15) is 5.82 Å². The van der Waals surface area contributed by atoms with Crippen LogP contribution in [0.3, 0.4) is 0 Å². The van der Waals surface area contributed by atoms with Gasteiger partial charge < -0.3 is 0 Å². The van der Waals surface area contributed by atoms with Crippen LogP contribution in [0.15, 0.2) is 42.0 Å². The molecule has 4 nitrogen and oxygen atoms in total. The second kappa shape index (κ2) is 5.39. The molecule has 1 aliphatic rings. The monoisotopic (exact) mass is 259 g/mol. The second-order valence-corrected chi connectivity index (χ2v) is 3.97. The van der Waals surface area contributed by atoms with Crippen LogP contribution in [0.2, 0.25) is 0 Å². The molecule has 0 spiro atoms. The molecule has 0 aromatic heterocycles. The summed E-state index contributed by atoms with van der Waals surface area (Å²) in [5.41, 5.74) is 0.531. The van der Waals surface area contributed by atoms with Gasteiger partial charge in [0, 0.05) is 0 Å². The zero-order chi connectivity index (χ0) is 13.8. The molecule has 96 valence electrons. The van der Waals surface area contributed by atoms with Crippen molar-refractivity contribution in [3.8, 4) is 0 Å². The topological polar surface area (TPSA) is 63.2 Å². The number of hydrogen-bond acceptors (Lipinski definition) is 3. The quantitative estimate of drug-likeness (QED) is 0.378. The molecule has 1 aliphatic heterocycles. The van der Waals surface area contributed by atoms with E-state index in [0.29, 0.717) is 5.56 Å².